The summed E-state index contributed by atoms with van der Waals surface area (Å²) in [7, 11) is 0. The van der Waals surface area contributed by atoms with Gasteiger partial charge in [-0.05, 0) is 36.2 Å². The van der Waals surface area contributed by atoms with E-state index in [1.54, 1.807) is 4.90 Å². The zero-order chi connectivity index (χ0) is 19.7. The summed E-state index contributed by atoms with van der Waals surface area (Å²) in [4.78, 5) is 26.0. The molecule has 8 heteroatoms. The van der Waals surface area contributed by atoms with Gasteiger partial charge in [-0.25, -0.2) is 9.18 Å². The molecule has 2 aromatic carbocycles. The lowest BCUT2D eigenvalue weighted by Gasteiger charge is -2.38. The molecule has 7 nitrogen and oxygen atoms in total. The minimum atomic E-state index is -0.748. The summed E-state index contributed by atoms with van der Waals surface area (Å²) in [6.07, 6.45) is -0.634. The van der Waals surface area contributed by atoms with Gasteiger partial charge in [0.2, 0.25) is 0 Å². The van der Waals surface area contributed by atoms with Crippen LogP contribution in [-0.4, -0.2) is 48.3 Å². The Morgan fingerprint density at radius 2 is 1.75 bits per heavy atom. The average Bonchev–Trinajstić information content (AvgIpc) is 3.08. The first-order valence-corrected chi connectivity index (χ1v) is 9.20. The lowest BCUT2D eigenvalue weighted by atomic mass is 9.92. The molecular weight excluding hydrogens is 365 g/mol. The zero-order valence-electron chi connectivity index (χ0n) is 15.2. The number of amides is 1. The molecule has 4 rings (SSSR count). The molecule has 0 radical (unpaired) electrons. The molecule has 2 aliphatic heterocycles. The number of nitro groups is 1. The maximum absolute atomic E-state index is 13.3. The number of nitrogens with zero attached hydrogens (tertiary/aromatic N) is 3. The average molecular weight is 385 g/mol. The molecule has 2 saturated heterocycles. The fraction of sp³-hybridized carbons (Fsp3) is 0.350. The van der Waals surface area contributed by atoms with Crippen molar-refractivity contribution in [3.8, 4) is 5.75 Å². The van der Waals surface area contributed by atoms with Crippen molar-refractivity contribution >= 4 is 17.5 Å². The Balaban J connectivity index is 1.29. The van der Waals surface area contributed by atoms with Gasteiger partial charge in [0.15, 0.2) is 0 Å². The van der Waals surface area contributed by atoms with E-state index in [9.17, 15) is 19.3 Å². The number of hydrogen-bond acceptors (Lipinski definition) is 5. The fourth-order valence-electron chi connectivity index (χ4n) is 3.55. The van der Waals surface area contributed by atoms with Crippen LogP contribution in [0.4, 0.5) is 20.6 Å². The van der Waals surface area contributed by atoms with Crippen molar-refractivity contribution in [3.63, 3.8) is 0 Å². The van der Waals surface area contributed by atoms with Crippen LogP contribution in [0.2, 0.25) is 0 Å². The van der Waals surface area contributed by atoms with Crippen molar-refractivity contribution in [3.05, 3.63) is 64.2 Å². The summed E-state index contributed by atoms with van der Waals surface area (Å²) >= 11 is 0. The third-order valence-corrected chi connectivity index (χ3v) is 5.25. The molecule has 0 saturated carbocycles. The molecule has 2 heterocycles. The van der Waals surface area contributed by atoms with E-state index < -0.39 is 17.2 Å². The highest BCUT2D eigenvalue weighted by molar-refractivity contribution is 5.72. The van der Waals surface area contributed by atoms with Gasteiger partial charge < -0.3 is 14.5 Å². The largest absolute Gasteiger partial charge is 0.415 e. The molecule has 0 N–H and O–H groups in total. The standard InChI is InChI=1S/C20H20FN3O4/c21-16-9-10-22(13-16)17-3-1-14(2-4-17)15-11-23(12-15)20(25)28-19-7-5-18(6-8-19)24(26)27/h1-8,15-16H,9-13H2. The van der Waals surface area contributed by atoms with E-state index in [0.29, 0.717) is 26.1 Å². The molecule has 2 aromatic rings. The van der Waals surface area contributed by atoms with E-state index >= 15 is 0 Å². The highest BCUT2D eigenvalue weighted by atomic mass is 19.1. The van der Waals surface area contributed by atoms with Crippen LogP contribution >= 0.6 is 0 Å². The first kappa shape index (κ1) is 18.2. The Kier molecular flexibility index (Phi) is 4.85. The Hall–Kier alpha value is -3.16. The normalized spacial score (nSPS) is 19.4. The Morgan fingerprint density at radius 3 is 2.32 bits per heavy atom. The molecule has 1 unspecified atom stereocenters. The second-order valence-corrected chi connectivity index (χ2v) is 7.14. The van der Waals surface area contributed by atoms with Crippen molar-refractivity contribution in [2.75, 3.05) is 31.1 Å². The molecule has 2 aliphatic rings. The lowest BCUT2D eigenvalue weighted by molar-refractivity contribution is -0.384. The molecule has 0 aliphatic carbocycles. The second kappa shape index (κ2) is 7.46. The number of carbonyl (C=O) groups excluding carboxylic acids is 1. The summed E-state index contributed by atoms with van der Waals surface area (Å²) in [6.45, 7) is 2.31. The van der Waals surface area contributed by atoms with Gasteiger partial charge in [-0.1, -0.05) is 12.1 Å². The molecular formula is C20H20FN3O4. The van der Waals surface area contributed by atoms with Gasteiger partial charge in [0.05, 0.1) is 4.92 Å². The Morgan fingerprint density at radius 1 is 1.07 bits per heavy atom. The van der Waals surface area contributed by atoms with Crippen molar-refractivity contribution in [1.29, 1.82) is 0 Å². The second-order valence-electron chi connectivity index (χ2n) is 7.14. The first-order valence-electron chi connectivity index (χ1n) is 9.20. The third kappa shape index (κ3) is 3.76. The number of anilines is 1. The van der Waals surface area contributed by atoms with E-state index in [-0.39, 0.29) is 17.4 Å². The van der Waals surface area contributed by atoms with Crippen LogP contribution in [0.25, 0.3) is 0 Å². The molecule has 2 fully saturated rings. The van der Waals surface area contributed by atoms with Crippen molar-refractivity contribution in [1.82, 2.24) is 4.90 Å². The van der Waals surface area contributed by atoms with Crippen LogP contribution in [0.3, 0.4) is 0 Å². The van der Waals surface area contributed by atoms with Gasteiger partial charge >= 0.3 is 6.09 Å². The molecule has 1 atom stereocenters. The topological polar surface area (TPSA) is 75.9 Å². The van der Waals surface area contributed by atoms with Crippen LogP contribution in [-0.2, 0) is 0 Å². The molecule has 0 aromatic heterocycles. The van der Waals surface area contributed by atoms with Crippen molar-refractivity contribution in [2.45, 2.75) is 18.5 Å². The molecule has 0 spiro atoms. The summed E-state index contributed by atoms with van der Waals surface area (Å²) in [6, 6.07) is 13.5. The van der Waals surface area contributed by atoms with Crippen LogP contribution in [0.5, 0.6) is 5.75 Å². The number of ether oxygens (including phenoxy) is 1. The smallest absolute Gasteiger partial charge is 0.410 e. The Labute approximate surface area is 161 Å². The van der Waals surface area contributed by atoms with Crippen molar-refractivity contribution in [2.24, 2.45) is 0 Å². The summed E-state index contributed by atoms with van der Waals surface area (Å²) in [5.74, 6) is 0.520. The predicted molar refractivity (Wildman–Crippen MR) is 102 cm³/mol. The zero-order valence-corrected chi connectivity index (χ0v) is 15.2. The summed E-state index contributed by atoms with van der Waals surface area (Å²) in [5.41, 5.74) is 2.11. The highest BCUT2D eigenvalue weighted by Crippen LogP contribution is 2.30. The number of alkyl halides is 1. The number of non-ortho nitro benzene ring substituents is 1. The van der Waals surface area contributed by atoms with E-state index in [4.69, 9.17) is 4.74 Å². The molecule has 0 bridgehead atoms. The van der Waals surface area contributed by atoms with E-state index in [2.05, 4.69) is 0 Å². The van der Waals surface area contributed by atoms with Gasteiger partial charge in [-0.15, -0.1) is 0 Å². The van der Waals surface area contributed by atoms with Gasteiger partial charge in [-0.3, -0.25) is 10.1 Å². The molecule has 28 heavy (non-hydrogen) atoms. The van der Waals surface area contributed by atoms with Crippen LogP contribution in [0, 0.1) is 10.1 Å². The van der Waals surface area contributed by atoms with Gasteiger partial charge in [0.1, 0.15) is 11.9 Å². The van der Waals surface area contributed by atoms with Crippen LogP contribution < -0.4 is 9.64 Å². The summed E-state index contributed by atoms with van der Waals surface area (Å²) in [5, 5.41) is 10.6. The Bertz CT molecular complexity index is 866. The quantitative estimate of drug-likeness (QED) is 0.592. The maximum Gasteiger partial charge on any atom is 0.415 e. The number of hydrogen-bond donors (Lipinski definition) is 0. The molecule has 1 amide bonds. The van der Waals surface area contributed by atoms with E-state index in [1.165, 1.54) is 24.3 Å². The predicted octanol–water partition coefficient (Wildman–Crippen LogP) is 3.74. The SMILES string of the molecule is O=C(Oc1ccc([N+](=O)[O-])cc1)N1CC(c2ccc(N3CCC(F)C3)cc2)C1. The van der Waals surface area contributed by atoms with E-state index in [0.717, 1.165) is 17.8 Å². The number of rotatable bonds is 4. The monoisotopic (exact) mass is 385 g/mol. The summed E-state index contributed by atoms with van der Waals surface area (Å²) < 4.78 is 18.6. The third-order valence-electron chi connectivity index (χ3n) is 5.25. The van der Waals surface area contributed by atoms with Gasteiger partial charge in [0, 0.05) is 49.9 Å². The maximum atomic E-state index is 13.3. The number of carbonyl (C=O) groups is 1. The van der Waals surface area contributed by atoms with Crippen LogP contribution in [0.1, 0.15) is 17.9 Å². The fourth-order valence-corrected chi connectivity index (χ4v) is 3.55. The first-order chi connectivity index (χ1) is 13.5. The van der Waals surface area contributed by atoms with E-state index in [1.807, 2.05) is 29.2 Å². The lowest BCUT2D eigenvalue weighted by Crippen LogP contribution is -2.49. The van der Waals surface area contributed by atoms with Gasteiger partial charge in [0.25, 0.3) is 5.69 Å². The van der Waals surface area contributed by atoms with Crippen molar-refractivity contribution < 1.29 is 18.8 Å². The highest BCUT2D eigenvalue weighted by Gasteiger charge is 2.33. The van der Waals surface area contributed by atoms with Crippen LogP contribution in [0.15, 0.2) is 48.5 Å². The minimum absolute atomic E-state index is 0.0526. The number of likely N-dealkylation sites (tertiary alicyclic amines) is 1. The minimum Gasteiger partial charge on any atom is -0.410 e. The number of nitro benzene ring substituents is 1. The number of halogens is 1. The van der Waals surface area contributed by atoms with Gasteiger partial charge in [-0.2, -0.15) is 0 Å². The number of benzene rings is 2. The molecule has 146 valence electrons.